The van der Waals surface area contributed by atoms with Gasteiger partial charge in [0.15, 0.2) is 0 Å². The van der Waals surface area contributed by atoms with E-state index in [-0.39, 0.29) is 5.60 Å². The normalized spacial score (nSPS) is 24.5. The Balaban J connectivity index is 1.68. The van der Waals surface area contributed by atoms with E-state index >= 15 is 0 Å². The predicted octanol–water partition coefficient (Wildman–Crippen LogP) is 2.17. The van der Waals surface area contributed by atoms with E-state index in [4.69, 9.17) is 4.74 Å². The van der Waals surface area contributed by atoms with Gasteiger partial charge < -0.3 is 10.1 Å². The van der Waals surface area contributed by atoms with Gasteiger partial charge in [0, 0.05) is 39.2 Å². The summed E-state index contributed by atoms with van der Waals surface area (Å²) in [6, 6.07) is 0.578. The van der Waals surface area contributed by atoms with Crippen molar-refractivity contribution in [3.63, 3.8) is 0 Å². The molecule has 0 unspecified atom stereocenters. The highest BCUT2D eigenvalue weighted by Crippen LogP contribution is 2.20. The lowest BCUT2D eigenvalue weighted by Crippen LogP contribution is -2.54. The SMILES string of the molecule is CC[C@](C)(CCNC1CCN(N2CCCCC2=O)CC1)OC. The molecule has 0 aliphatic carbocycles. The van der Waals surface area contributed by atoms with Gasteiger partial charge in [-0.05, 0) is 52.0 Å². The summed E-state index contributed by atoms with van der Waals surface area (Å²) in [6.07, 6.45) is 7.27. The standard InChI is InChI=1S/C17H33N3O2/c1-4-17(2,22-3)10-11-18-15-8-13-19(14-9-15)20-12-6-5-7-16(20)21/h15,18H,4-14H2,1-3H3/t17-/m1/s1. The lowest BCUT2D eigenvalue weighted by atomic mass is 9.98. The van der Waals surface area contributed by atoms with Gasteiger partial charge in [-0.25, -0.2) is 5.01 Å². The van der Waals surface area contributed by atoms with Crippen molar-refractivity contribution in [2.45, 2.75) is 70.4 Å². The number of piperidine rings is 2. The summed E-state index contributed by atoms with van der Waals surface area (Å²) in [7, 11) is 1.80. The molecule has 0 saturated carbocycles. The first-order valence-corrected chi connectivity index (χ1v) is 8.92. The molecule has 1 amide bonds. The van der Waals surface area contributed by atoms with Crippen molar-refractivity contribution in [2.24, 2.45) is 0 Å². The molecule has 5 nitrogen and oxygen atoms in total. The molecule has 0 aromatic rings. The molecule has 2 heterocycles. The molecule has 0 bridgehead atoms. The van der Waals surface area contributed by atoms with Gasteiger partial charge in [0.1, 0.15) is 0 Å². The Hall–Kier alpha value is -0.650. The minimum Gasteiger partial charge on any atom is -0.378 e. The molecule has 0 spiro atoms. The minimum absolute atomic E-state index is 0.00603. The first kappa shape index (κ1) is 17.7. The zero-order chi connectivity index (χ0) is 16.0. The maximum atomic E-state index is 12.0. The molecule has 1 N–H and O–H groups in total. The molecule has 0 radical (unpaired) electrons. The van der Waals surface area contributed by atoms with Crippen LogP contribution in [0.4, 0.5) is 0 Å². The minimum atomic E-state index is -0.00603. The molecule has 2 saturated heterocycles. The quantitative estimate of drug-likeness (QED) is 0.783. The van der Waals surface area contributed by atoms with Gasteiger partial charge >= 0.3 is 0 Å². The Bertz CT molecular complexity index is 350. The van der Waals surface area contributed by atoms with E-state index in [1.807, 2.05) is 5.01 Å². The number of methoxy groups -OCH3 is 1. The van der Waals surface area contributed by atoms with Crippen LogP contribution in [0.1, 0.15) is 58.8 Å². The van der Waals surface area contributed by atoms with Gasteiger partial charge in [0.05, 0.1) is 5.60 Å². The number of hydrogen-bond acceptors (Lipinski definition) is 4. The average molecular weight is 311 g/mol. The van der Waals surface area contributed by atoms with Crippen LogP contribution < -0.4 is 5.32 Å². The molecule has 2 aliphatic heterocycles. The lowest BCUT2D eigenvalue weighted by Gasteiger charge is -2.41. The van der Waals surface area contributed by atoms with Crippen molar-refractivity contribution in [2.75, 3.05) is 33.3 Å². The van der Waals surface area contributed by atoms with Crippen LogP contribution in [0, 0.1) is 0 Å². The van der Waals surface area contributed by atoms with Crippen LogP contribution in [0.2, 0.25) is 0 Å². The number of rotatable bonds is 7. The van der Waals surface area contributed by atoms with Gasteiger partial charge in [0.2, 0.25) is 5.91 Å². The highest BCUT2D eigenvalue weighted by atomic mass is 16.5. The topological polar surface area (TPSA) is 44.8 Å². The summed E-state index contributed by atoms with van der Waals surface area (Å²) in [4.78, 5) is 12.0. The summed E-state index contributed by atoms with van der Waals surface area (Å²) in [5, 5.41) is 7.94. The fourth-order valence-electron chi connectivity index (χ4n) is 3.37. The number of hydrogen-bond donors (Lipinski definition) is 1. The Morgan fingerprint density at radius 3 is 2.59 bits per heavy atom. The van der Waals surface area contributed by atoms with Crippen molar-refractivity contribution in [1.29, 1.82) is 0 Å². The number of hydrazine groups is 1. The van der Waals surface area contributed by atoms with Crippen LogP contribution in [0.5, 0.6) is 0 Å². The van der Waals surface area contributed by atoms with Crippen LogP contribution in [0.25, 0.3) is 0 Å². The van der Waals surface area contributed by atoms with Gasteiger partial charge in [-0.2, -0.15) is 0 Å². The fourth-order valence-corrected chi connectivity index (χ4v) is 3.37. The average Bonchev–Trinajstić information content (AvgIpc) is 2.56. The van der Waals surface area contributed by atoms with Crippen LogP contribution in [-0.4, -0.2) is 60.9 Å². The second-order valence-electron chi connectivity index (χ2n) is 6.91. The van der Waals surface area contributed by atoms with Crippen molar-refractivity contribution < 1.29 is 9.53 Å². The van der Waals surface area contributed by atoms with Crippen LogP contribution in [-0.2, 0) is 9.53 Å². The highest BCUT2D eigenvalue weighted by Gasteiger charge is 2.28. The number of carbonyl (C=O) groups excluding carboxylic acids is 1. The number of ether oxygens (including phenoxy) is 1. The monoisotopic (exact) mass is 311 g/mol. The zero-order valence-corrected chi connectivity index (χ0v) is 14.6. The molecule has 128 valence electrons. The van der Waals surface area contributed by atoms with E-state index < -0.39 is 0 Å². The van der Waals surface area contributed by atoms with Crippen molar-refractivity contribution in [3.8, 4) is 0 Å². The molecule has 2 rings (SSSR count). The Labute approximate surface area is 135 Å². The summed E-state index contributed by atoms with van der Waals surface area (Å²) in [5.74, 6) is 0.316. The van der Waals surface area contributed by atoms with E-state index in [1.54, 1.807) is 7.11 Å². The first-order chi connectivity index (χ1) is 10.6. The summed E-state index contributed by atoms with van der Waals surface area (Å²) < 4.78 is 5.59. The van der Waals surface area contributed by atoms with E-state index in [2.05, 4.69) is 24.2 Å². The second kappa shape index (κ2) is 8.27. The molecule has 22 heavy (non-hydrogen) atoms. The maximum absolute atomic E-state index is 12.0. The van der Waals surface area contributed by atoms with E-state index in [0.717, 1.165) is 71.1 Å². The van der Waals surface area contributed by atoms with Crippen molar-refractivity contribution >= 4 is 5.91 Å². The van der Waals surface area contributed by atoms with Gasteiger partial charge in [-0.1, -0.05) is 6.92 Å². The summed E-state index contributed by atoms with van der Waals surface area (Å²) >= 11 is 0. The second-order valence-corrected chi connectivity index (χ2v) is 6.91. The van der Waals surface area contributed by atoms with Gasteiger partial charge in [-0.3, -0.25) is 9.80 Å². The number of carbonyl (C=O) groups is 1. The fraction of sp³-hybridized carbons (Fsp3) is 0.941. The third-order valence-corrected chi connectivity index (χ3v) is 5.44. The third-order valence-electron chi connectivity index (χ3n) is 5.44. The zero-order valence-electron chi connectivity index (χ0n) is 14.6. The molecule has 5 heteroatoms. The van der Waals surface area contributed by atoms with Gasteiger partial charge in [-0.15, -0.1) is 0 Å². The molecular formula is C17H33N3O2. The summed E-state index contributed by atoms with van der Waals surface area (Å²) in [6.45, 7) is 8.28. The van der Waals surface area contributed by atoms with Crippen LogP contribution >= 0.6 is 0 Å². The Morgan fingerprint density at radius 1 is 1.27 bits per heavy atom. The van der Waals surface area contributed by atoms with Crippen LogP contribution in [0.3, 0.4) is 0 Å². The van der Waals surface area contributed by atoms with E-state index in [1.165, 1.54) is 0 Å². The molecule has 2 aliphatic rings. The molecule has 0 aromatic carbocycles. The molecule has 0 aromatic heterocycles. The number of amides is 1. The van der Waals surface area contributed by atoms with E-state index in [9.17, 15) is 4.79 Å². The number of nitrogens with one attached hydrogen (secondary N) is 1. The molecule has 2 fully saturated rings. The lowest BCUT2D eigenvalue weighted by molar-refractivity contribution is -0.155. The molecular weight excluding hydrogens is 278 g/mol. The third kappa shape index (κ3) is 4.67. The Kier molecular flexibility index (Phi) is 6.66. The largest absolute Gasteiger partial charge is 0.378 e. The van der Waals surface area contributed by atoms with Gasteiger partial charge in [0.25, 0.3) is 0 Å². The first-order valence-electron chi connectivity index (χ1n) is 8.92. The maximum Gasteiger partial charge on any atom is 0.236 e. The smallest absolute Gasteiger partial charge is 0.236 e. The highest BCUT2D eigenvalue weighted by molar-refractivity contribution is 5.76. The Morgan fingerprint density at radius 2 is 2.00 bits per heavy atom. The van der Waals surface area contributed by atoms with Crippen molar-refractivity contribution in [1.82, 2.24) is 15.3 Å². The van der Waals surface area contributed by atoms with E-state index in [0.29, 0.717) is 11.9 Å². The summed E-state index contributed by atoms with van der Waals surface area (Å²) in [5.41, 5.74) is -0.00603. The molecule has 1 atom stereocenters. The van der Waals surface area contributed by atoms with Crippen molar-refractivity contribution in [3.05, 3.63) is 0 Å². The predicted molar refractivity (Wildman–Crippen MR) is 88.5 cm³/mol. The number of nitrogens with zero attached hydrogens (tertiary/aromatic N) is 2. The van der Waals surface area contributed by atoms with Crippen LogP contribution in [0.15, 0.2) is 0 Å².